The third-order valence-corrected chi connectivity index (χ3v) is 1.90. The molecule has 16 heavy (non-hydrogen) atoms. The average molecular weight is 231 g/mol. The molecule has 0 aromatic rings. The highest BCUT2D eigenvalue weighted by Gasteiger charge is 2.23. The highest BCUT2D eigenvalue weighted by Crippen LogP contribution is 2.23. The van der Waals surface area contributed by atoms with Gasteiger partial charge in [-0.2, -0.15) is 0 Å². The molecule has 94 valence electrons. The van der Waals surface area contributed by atoms with Crippen LogP contribution in [0.5, 0.6) is 0 Å². The molecular weight excluding hydrogens is 210 g/mol. The van der Waals surface area contributed by atoms with Gasteiger partial charge in [0, 0.05) is 6.54 Å². The summed E-state index contributed by atoms with van der Waals surface area (Å²) in [5, 5.41) is 0. The third kappa shape index (κ3) is 7.19. The summed E-state index contributed by atoms with van der Waals surface area (Å²) in [6.45, 7) is 5.97. The number of carbonyl (C=O) groups excluding carboxylic acids is 2. The zero-order valence-electron chi connectivity index (χ0n) is 10.1. The second-order valence-corrected chi connectivity index (χ2v) is 4.92. The zero-order chi connectivity index (χ0) is 12.8. The van der Waals surface area contributed by atoms with Crippen LogP contribution < -0.4 is 16.9 Å². The van der Waals surface area contributed by atoms with Crippen LogP contribution in [0.15, 0.2) is 0 Å². The summed E-state index contributed by atoms with van der Waals surface area (Å²) < 4.78 is 0. The maximum Gasteiger partial charge on any atom is 0.247 e. The lowest BCUT2D eigenvalue weighted by Gasteiger charge is -2.23. The molecule has 0 radical (unpaired) electrons. The van der Waals surface area contributed by atoms with Crippen LogP contribution in [-0.4, -0.2) is 25.0 Å². The fourth-order valence-corrected chi connectivity index (χ4v) is 1.28. The van der Waals surface area contributed by atoms with E-state index >= 15 is 0 Å². The van der Waals surface area contributed by atoms with E-state index < -0.39 is 5.91 Å². The Hall–Kier alpha value is -1.14. The molecule has 1 unspecified atom stereocenters. The van der Waals surface area contributed by atoms with Crippen molar-refractivity contribution in [1.29, 1.82) is 0 Å². The van der Waals surface area contributed by atoms with Crippen LogP contribution in [0, 0.1) is 11.3 Å². The van der Waals surface area contributed by atoms with Crippen LogP contribution in [0.3, 0.4) is 0 Å². The van der Waals surface area contributed by atoms with E-state index in [0.717, 1.165) is 0 Å². The summed E-state index contributed by atoms with van der Waals surface area (Å²) >= 11 is 0. The molecule has 6 nitrogen and oxygen atoms in total. The van der Waals surface area contributed by atoms with Gasteiger partial charge in [0.25, 0.3) is 0 Å². The summed E-state index contributed by atoms with van der Waals surface area (Å²) in [6, 6.07) is 0. The van der Waals surface area contributed by atoms with Crippen molar-refractivity contribution in [2.45, 2.75) is 27.2 Å². The summed E-state index contributed by atoms with van der Waals surface area (Å²) in [7, 11) is 0. The fourth-order valence-electron chi connectivity index (χ4n) is 1.28. The monoisotopic (exact) mass is 231 g/mol. The molecule has 0 bridgehead atoms. The number of primary amides is 1. The van der Waals surface area contributed by atoms with Crippen molar-refractivity contribution in [3.8, 4) is 0 Å². The molecule has 0 spiro atoms. The standard InChI is InChI=1S/C10H21N3O3/c1-10(2,3)4-7(5-11)9(15)13-16-6-8(12)14/h7H,4-6,11H2,1-3H3,(H2,12,14)(H,13,15). The Bertz CT molecular complexity index is 248. The Balaban J connectivity index is 4.06. The largest absolute Gasteiger partial charge is 0.368 e. The lowest BCUT2D eigenvalue weighted by Crippen LogP contribution is -2.38. The predicted molar refractivity (Wildman–Crippen MR) is 59.9 cm³/mol. The molecule has 0 aliphatic heterocycles. The molecule has 0 aliphatic rings. The van der Waals surface area contributed by atoms with Gasteiger partial charge in [0.05, 0.1) is 5.92 Å². The van der Waals surface area contributed by atoms with Crippen LogP contribution in [-0.2, 0) is 14.4 Å². The minimum atomic E-state index is -0.639. The van der Waals surface area contributed by atoms with Crippen molar-refractivity contribution in [3.05, 3.63) is 0 Å². The van der Waals surface area contributed by atoms with Gasteiger partial charge in [-0.3, -0.25) is 14.4 Å². The Labute approximate surface area is 95.6 Å². The van der Waals surface area contributed by atoms with E-state index in [1.54, 1.807) is 0 Å². The van der Waals surface area contributed by atoms with Crippen LogP contribution >= 0.6 is 0 Å². The first-order chi connectivity index (χ1) is 7.26. The zero-order valence-corrected chi connectivity index (χ0v) is 10.1. The number of carbonyl (C=O) groups is 2. The van der Waals surface area contributed by atoms with E-state index in [1.807, 2.05) is 20.8 Å². The maximum atomic E-state index is 11.6. The molecule has 0 aliphatic carbocycles. The van der Waals surface area contributed by atoms with Gasteiger partial charge >= 0.3 is 0 Å². The molecular formula is C10H21N3O3. The molecule has 0 saturated carbocycles. The van der Waals surface area contributed by atoms with Crippen LogP contribution in [0.1, 0.15) is 27.2 Å². The normalized spacial score (nSPS) is 13.2. The number of amides is 2. The van der Waals surface area contributed by atoms with Gasteiger partial charge in [0.15, 0.2) is 6.61 Å². The molecule has 6 heteroatoms. The molecule has 0 aromatic heterocycles. The molecule has 0 rings (SSSR count). The Morgan fingerprint density at radius 2 is 1.94 bits per heavy atom. The predicted octanol–water partition coefficient (Wildman–Crippen LogP) is -0.469. The van der Waals surface area contributed by atoms with Gasteiger partial charge < -0.3 is 11.5 Å². The number of hydrogen-bond donors (Lipinski definition) is 3. The third-order valence-electron chi connectivity index (χ3n) is 1.90. The Kier molecular flexibility index (Phi) is 5.98. The van der Waals surface area contributed by atoms with Crippen LogP contribution in [0.4, 0.5) is 0 Å². The van der Waals surface area contributed by atoms with E-state index in [0.29, 0.717) is 6.42 Å². The van der Waals surface area contributed by atoms with Gasteiger partial charge in [0.1, 0.15) is 0 Å². The quantitative estimate of drug-likeness (QED) is 0.537. The number of hydrogen-bond acceptors (Lipinski definition) is 4. The summed E-state index contributed by atoms with van der Waals surface area (Å²) in [6.07, 6.45) is 0.648. The molecule has 0 saturated heterocycles. The van der Waals surface area contributed by atoms with Crippen molar-refractivity contribution in [2.24, 2.45) is 22.8 Å². The number of hydroxylamine groups is 1. The Morgan fingerprint density at radius 3 is 2.31 bits per heavy atom. The van der Waals surface area contributed by atoms with Crippen molar-refractivity contribution in [1.82, 2.24) is 5.48 Å². The lowest BCUT2D eigenvalue weighted by atomic mass is 9.84. The molecule has 0 heterocycles. The molecule has 1 atom stereocenters. The summed E-state index contributed by atoms with van der Waals surface area (Å²) in [4.78, 5) is 26.6. The smallest absolute Gasteiger partial charge is 0.247 e. The van der Waals surface area contributed by atoms with Crippen LogP contribution in [0.2, 0.25) is 0 Å². The van der Waals surface area contributed by atoms with E-state index in [1.165, 1.54) is 0 Å². The molecule has 0 fully saturated rings. The lowest BCUT2D eigenvalue weighted by molar-refractivity contribution is -0.141. The second kappa shape index (κ2) is 6.44. The van der Waals surface area contributed by atoms with Gasteiger partial charge in [-0.05, 0) is 11.8 Å². The number of nitrogens with one attached hydrogen (secondary N) is 1. The summed E-state index contributed by atoms with van der Waals surface area (Å²) in [5.41, 5.74) is 12.5. The Morgan fingerprint density at radius 1 is 1.38 bits per heavy atom. The van der Waals surface area contributed by atoms with E-state index in [9.17, 15) is 9.59 Å². The minimum Gasteiger partial charge on any atom is -0.368 e. The first-order valence-corrected chi connectivity index (χ1v) is 5.16. The van der Waals surface area contributed by atoms with Gasteiger partial charge in [-0.25, -0.2) is 5.48 Å². The fraction of sp³-hybridized carbons (Fsp3) is 0.800. The van der Waals surface area contributed by atoms with E-state index in [4.69, 9.17) is 11.5 Å². The van der Waals surface area contributed by atoms with Crippen molar-refractivity contribution >= 4 is 11.8 Å². The minimum absolute atomic E-state index is 0.00502. The van der Waals surface area contributed by atoms with Crippen molar-refractivity contribution in [2.75, 3.05) is 13.2 Å². The number of nitrogens with two attached hydrogens (primary N) is 2. The van der Waals surface area contributed by atoms with Gasteiger partial charge in [-0.1, -0.05) is 20.8 Å². The van der Waals surface area contributed by atoms with E-state index in [-0.39, 0.29) is 30.4 Å². The van der Waals surface area contributed by atoms with Crippen LogP contribution in [0.25, 0.3) is 0 Å². The van der Waals surface area contributed by atoms with E-state index in [2.05, 4.69) is 10.3 Å². The first kappa shape index (κ1) is 14.9. The topological polar surface area (TPSA) is 107 Å². The van der Waals surface area contributed by atoms with Gasteiger partial charge in [-0.15, -0.1) is 0 Å². The average Bonchev–Trinajstić information content (AvgIpc) is 2.11. The van der Waals surface area contributed by atoms with Crippen molar-refractivity contribution < 1.29 is 14.4 Å². The highest BCUT2D eigenvalue weighted by atomic mass is 16.7. The first-order valence-electron chi connectivity index (χ1n) is 5.16. The van der Waals surface area contributed by atoms with Gasteiger partial charge in [0.2, 0.25) is 11.8 Å². The van der Waals surface area contributed by atoms with Crippen molar-refractivity contribution in [3.63, 3.8) is 0 Å². The number of rotatable bonds is 6. The maximum absolute atomic E-state index is 11.6. The highest BCUT2D eigenvalue weighted by molar-refractivity contribution is 5.78. The molecule has 5 N–H and O–H groups in total. The molecule has 0 aromatic carbocycles. The summed E-state index contributed by atoms with van der Waals surface area (Å²) in [5.74, 6) is -1.29. The molecule has 2 amide bonds. The SMILES string of the molecule is CC(C)(C)CC(CN)C(=O)NOCC(N)=O. The second-order valence-electron chi connectivity index (χ2n) is 4.92.